The molecule has 0 saturated carbocycles. The first-order chi connectivity index (χ1) is 9.81. The highest BCUT2D eigenvalue weighted by Crippen LogP contribution is 2.25. The predicted molar refractivity (Wildman–Crippen MR) is 81.9 cm³/mol. The molecule has 0 aliphatic rings. The van der Waals surface area contributed by atoms with Crippen LogP contribution < -0.4 is 4.72 Å². The third-order valence-corrected chi connectivity index (χ3v) is 4.64. The van der Waals surface area contributed by atoms with Crippen LogP contribution in [-0.2, 0) is 16.6 Å². The SMILES string of the molecule is Cc1cc(C)nc(NS(=O)(=O)c2cc(CO)ccc2Cl)c1. The Hall–Kier alpha value is -1.63. The van der Waals surface area contributed by atoms with E-state index in [1.165, 1.54) is 12.1 Å². The van der Waals surface area contributed by atoms with Crippen LogP contribution in [0.4, 0.5) is 5.82 Å². The van der Waals surface area contributed by atoms with E-state index >= 15 is 0 Å². The molecule has 21 heavy (non-hydrogen) atoms. The number of aliphatic hydroxyl groups excluding tert-OH is 1. The summed E-state index contributed by atoms with van der Waals surface area (Å²) in [4.78, 5) is 4.05. The Morgan fingerprint density at radius 1 is 1.24 bits per heavy atom. The Morgan fingerprint density at radius 2 is 1.95 bits per heavy atom. The van der Waals surface area contributed by atoms with Crippen LogP contribution in [0.5, 0.6) is 0 Å². The summed E-state index contributed by atoms with van der Waals surface area (Å²) in [6, 6.07) is 7.83. The van der Waals surface area contributed by atoms with Gasteiger partial charge in [0.1, 0.15) is 10.7 Å². The van der Waals surface area contributed by atoms with Crippen molar-refractivity contribution >= 4 is 27.4 Å². The second-order valence-corrected chi connectivity index (χ2v) is 6.76. The molecule has 2 rings (SSSR count). The fraction of sp³-hybridized carbons (Fsp3) is 0.214. The largest absolute Gasteiger partial charge is 0.392 e. The van der Waals surface area contributed by atoms with E-state index in [0.717, 1.165) is 5.56 Å². The van der Waals surface area contributed by atoms with Crippen LogP contribution in [0.1, 0.15) is 16.8 Å². The van der Waals surface area contributed by atoms with Crippen LogP contribution in [0.25, 0.3) is 0 Å². The van der Waals surface area contributed by atoms with Crippen molar-refractivity contribution in [3.8, 4) is 0 Å². The fourth-order valence-electron chi connectivity index (χ4n) is 1.94. The number of halogens is 1. The van der Waals surface area contributed by atoms with Crippen molar-refractivity contribution in [2.45, 2.75) is 25.3 Å². The molecule has 0 aliphatic carbocycles. The Labute approximate surface area is 128 Å². The molecular formula is C14H15ClN2O3S. The number of anilines is 1. The van der Waals surface area contributed by atoms with Gasteiger partial charge in [-0.05, 0) is 49.2 Å². The Kier molecular flexibility index (Phi) is 4.51. The number of aromatic nitrogens is 1. The number of aliphatic hydroxyl groups is 1. The predicted octanol–water partition coefficient (Wildman–Crippen LogP) is 2.64. The molecule has 0 fully saturated rings. The van der Waals surface area contributed by atoms with Gasteiger partial charge in [-0.2, -0.15) is 0 Å². The molecule has 0 aliphatic heterocycles. The van der Waals surface area contributed by atoms with Gasteiger partial charge in [-0.3, -0.25) is 4.72 Å². The summed E-state index contributed by atoms with van der Waals surface area (Å²) in [5.74, 6) is 0.234. The first-order valence-corrected chi connectivity index (χ1v) is 8.05. The molecule has 2 N–H and O–H groups in total. The molecule has 0 atom stereocenters. The molecule has 112 valence electrons. The van der Waals surface area contributed by atoms with Crippen LogP contribution in [0.3, 0.4) is 0 Å². The molecule has 1 aromatic carbocycles. The van der Waals surface area contributed by atoms with Gasteiger partial charge in [0.15, 0.2) is 0 Å². The van der Waals surface area contributed by atoms with Gasteiger partial charge in [0.2, 0.25) is 0 Å². The fourth-order valence-corrected chi connectivity index (χ4v) is 3.48. The topological polar surface area (TPSA) is 79.3 Å². The lowest BCUT2D eigenvalue weighted by molar-refractivity contribution is 0.281. The van der Waals surface area contributed by atoms with E-state index < -0.39 is 10.0 Å². The number of pyridine rings is 1. The number of sulfonamides is 1. The molecule has 0 spiro atoms. The molecule has 7 heteroatoms. The zero-order chi connectivity index (χ0) is 15.6. The van der Waals surface area contributed by atoms with Crippen LogP contribution in [0.2, 0.25) is 5.02 Å². The van der Waals surface area contributed by atoms with Crippen LogP contribution in [0, 0.1) is 13.8 Å². The van der Waals surface area contributed by atoms with Crippen LogP contribution in [0.15, 0.2) is 35.2 Å². The molecule has 0 radical (unpaired) electrons. The van der Waals surface area contributed by atoms with Crippen molar-refractivity contribution in [3.63, 3.8) is 0 Å². The number of hydrogen-bond donors (Lipinski definition) is 2. The first-order valence-electron chi connectivity index (χ1n) is 6.19. The third-order valence-electron chi connectivity index (χ3n) is 2.80. The maximum absolute atomic E-state index is 12.4. The van der Waals surface area contributed by atoms with Gasteiger partial charge in [-0.15, -0.1) is 0 Å². The second kappa shape index (κ2) is 6.01. The highest BCUT2D eigenvalue weighted by molar-refractivity contribution is 7.92. The van der Waals surface area contributed by atoms with Gasteiger partial charge in [0.05, 0.1) is 11.6 Å². The molecule has 1 heterocycles. The molecular weight excluding hydrogens is 312 g/mol. The Morgan fingerprint density at radius 3 is 2.57 bits per heavy atom. The van der Waals surface area contributed by atoms with E-state index in [2.05, 4.69) is 9.71 Å². The average Bonchev–Trinajstić information content (AvgIpc) is 2.37. The number of rotatable bonds is 4. The number of aryl methyl sites for hydroxylation is 2. The zero-order valence-electron chi connectivity index (χ0n) is 11.6. The number of hydrogen-bond acceptors (Lipinski definition) is 4. The van der Waals surface area contributed by atoms with E-state index in [0.29, 0.717) is 11.3 Å². The molecule has 2 aromatic rings. The lowest BCUT2D eigenvalue weighted by Crippen LogP contribution is -2.15. The minimum Gasteiger partial charge on any atom is -0.392 e. The van der Waals surface area contributed by atoms with Gasteiger partial charge in [-0.25, -0.2) is 13.4 Å². The summed E-state index contributed by atoms with van der Waals surface area (Å²) in [5, 5.41) is 9.20. The number of nitrogens with one attached hydrogen (secondary N) is 1. The normalized spacial score (nSPS) is 11.4. The van der Waals surface area contributed by atoms with E-state index in [4.69, 9.17) is 16.7 Å². The van der Waals surface area contributed by atoms with E-state index in [1.807, 2.05) is 13.0 Å². The average molecular weight is 327 g/mol. The molecule has 5 nitrogen and oxygen atoms in total. The van der Waals surface area contributed by atoms with Gasteiger partial charge < -0.3 is 5.11 Å². The number of nitrogens with zero attached hydrogens (tertiary/aromatic N) is 1. The van der Waals surface area contributed by atoms with Gasteiger partial charge >= 0.3 is 0 Å². The third kappa shape index (κ3) is 3.72. The van der Waals surface area contributed by atoms with Crippen molar-refractivity contribution in [1.29, 1.82) is 0 Å². The van der Waals surface area contributed by atoms with E-state index in [-0.39, 0.29) is 22.3 Å². The van der Waals surface area contributed by atoms with Gasteiger partial charge in [-0.1, -0.05) is 17.7 Å². The lowest BCUT2D eigenvalue weighted by Gasteiger charge is -2.11. The maximum atomic E-state index is 12.4. The first kappa shape index (κ1) is 15.8. The lowest BCUT2D eigenvalue weighted by atomic mass is 10.2. The standard InChI is InChI=1S/C14H15ClN2O3S/c1-9-5-10(2)16-14(6-9)17-21(19,20)13-7-11(8-18)3-4-12(13)15/h3-7,18H,8H2,1-2H3,(H,16,17). The summed E-state index contributed by atoms with van der Waals surface area (Å²) in [7, 11) is -3.87. The van der Waals surface area contributed by atoms with Crippen molar-refractivity contribution in [1.82, 2.24) is 4.98 Å². The summed E-state index contributed by atoms with van der Waals surface area (Å²) in [6.07, 6.45) is 0. The highest BCUT2D eigenvalue weighted by atomic mass is 35.5. The minimum absolute atomic E-state index is 0.0864. The van der Waals surface area contributed by atoms with Crippen molar-refractivity contribution in [3.05, 3.63) is 52.2 Å². The minimum atomic E-state index is -3.87. The quantitative estimate of drug-likeness (QED) is 0.905. The Balaban J connectivity index is 2.42. The highest BCUT2D eigenvalue weighted by Gasteiger charge is 2.19. The molecule has 1 aromatic heterocycles. The molecule has 0 bridgehead atoms. The van der Waals surface area contributed by atoms with E-state index in [1.54, 1.807) is 19.1 Å². The smallest absolute Gasteiger partial charge is 0.264 e. The molecule has 0 unspecified atom stereocenters. The van der Waals surface area contributed by atoms with Crippen molar-refractivity contribution < 1.29 is 13.5 Å². The summed E-state index contributed by atoms with van der Waals surface area (Å²) in [6.45, 7) is 3.37. The monoisotopic (exact) mass is 326 g/mol. The summed E-state index contributed by atoms with van der Waals surface area (Å²) < 4.78 is 27.2. The molecule has 0 amide bonds. The maximum Gasteiger partial charge on any atom is 0.264 e. The van der Waals surface area contributed by atoms with Crippen molar-refractivity contribution in [2.24, 2.45) is 0 Å². The second-order valence-electron chi connectivity index (χ2n) is 4.70. The molecule has 0 saturated heterocycles. The van der Waals surface area contributed by atoms with E-state index in [9.17, 15) is 8.42 Å². The van der Waals surface area contributed by atoms with Gasteiger partial charge in [0.25, 0.3) is 10.0 Å². The van der Waals surface area contributed by atoms with Crippen molar-refractivity contribution in [2.75, 3.05) is 4.72 Å². The zero-order valence-corrected chi connectivity index (χ0v) is 13.2. The summed E-state index contributed by atoms with van der Waals surface area (Å²) in [5.41, 5.74) is 2.08. The summed E-state index contributed by atoms with van der Waals surface area (Å²) >= 11 is 5.95. The van der Waals surface area contributed by atoms with Gasteiger partial charge in [0, 0.05) is 5.69 Å². The number of benzene rings is 1. The van der Waals surface area contributed by atoms with Crippen LogP contribution in [-0.4, -0.2) is 18.5 Å². The Bertz CT molecular complexity index is 756. The van der Waals surface area contributed by atoms with Crippen LogP contribution >= 0.6 is 11.6 Å².